The van der Waals surface area contributed by atoms with Crippen LogP contribution < -0.4 is 18.9 Å². The fourth-order valence-electron chi connectivity index (χ4n) is 0. The van der Waals surface area contributed by atoms with E-state index in [1.54, 1.807) is 0 Å². The Bertz CT molecular complexity index is 41.4. The minimum Gasteiger partial charge on any atom is -0.341 e. The third kappa shape index (κ3) is 11.0. The van der Waals surface area contributed by atoms with Crippen LogP contribution in [0.1, 0.15) is 0 Å². The molecule has 0 nitrogen and oxygen atoms in total. The van der Waals surface area contributed by atoms with Crippen LogP contribution in [-0.2, 0) is 0 Å². The summed E-state index contributed by atoms with van der Waals surface area (Å²) in [4.78, 5) is 0. The van der Waals surface area contributed by atoms with Crippen LogP contribution in [0.25, 0.3) is 0 Å². The predicted molar refractivity (Wildman–Crippen MR) is 33.6 cm³/mol. The maximum atomic E-state index is 5.48. The van der Waals surface area contributed by atoms with E-state index in [2.05, 4.69) is 19.6 Å². The van der Waals surface area contributed by atoms with Gasteiger partial charge in [-0.2, -0.15) is 0 Å². The van der Waals surface area contributed by atoms with Gasteiger partial charge in [0.2, 0.25) is 0 Å². The average Bonchev–Trinajstić information content (AvgIpc) is 1.35. The molecule has 3 heteroatoms. The maximum absolute atomic E-state index is 5.48. The molecular weight excluding hydrogens is 119 g/mol. The molecule has 0 saturated carbocycles. The summed E-state index contributed by atoms with van der Waals surface area (Å²) >= 11 is 5.48. The Morgan fingerprint density at radius 1 is 1.57 bits per heavy atom. The van der Waals surface area contributed by atoms with E-state index in [0.29, 0.717) is 0 Å². The Morgan fingerprint density at radius 2 is 1.71 bits per heavy atom. The molecule has 0 aliphatic rings. The van der Waals surface area contributed by atoms with Gasteiger partial charge in [0.05, 0.1) is 0 Å². The van der Waals surface area contributed by atoms with Crippen LogP contribution >= 0.6 is 11.6 Å². The van der Waals surface area contributed by atoms with Crippen LogP contribution in [0.4, 0.5) is 0 Å². The minimum absolute atomic E-state index is 0. The summed E-state index contributed by atoms with van der Waals surface area (Å²) in [6.45, 7) is 8.17. The molecule has 0 rings (SSSR count). The Kier molecular flexibility index (Phi) is 6.32. The predicted octanol–water partition coefficient (Wildman–Crippen LogP) is -1.15. The van der Waals surface area contributed by atoms with E-state index in [1.807, 2.05) is 0 Å². The normalized spacial score (nSPS) is 10.3. The van der Waals surface area contributed by atoms with Crippen molar-refractivity contribution >= 4 is 19.7 Å². The first kappa shape index (κ1) is 11.0. The van der Waals surface area contributed by atoms with Crippen molar-refractivity contribution in [2.45, 2.75) is 13.1 Å². The molecule has 0 fully saturated rings. The zero-order valence-corrected chi connectivity index (χ0v) is 7.05. The van der Waals surface area contributed by atoms with Gasteiger partial charge in [-0.1, -0.05) is 21.2 Å². The summed E-state index contributed by atoms with van der Waals surface area (Å²) in [7, 11) is -1.12. The number of hydrogen-bond donors (Lipinski definition) is 0. The van der Waals surface area contributed by atoms with Crippen molar-refractivity contribution in [2.75, 3.05) is 5.50 Å². The SMILES string of the molecule is [CH2-][Si](C)(C)CCl.[Li+]. The summed E-state index contributed by atoms with van der Waals surface area (Å²) in [5, 5.41) is 0. The van der Waals surface area contributed by atoms with Crippen LogP contribution in [0.2, 0.25) is 13.1 Å². The Balaban J connectivity index is 0. The second-order valence-corrected chi connectivity index (χ2v) is 7.70. The molecule has 0 aromatic rings. The van der Waals surface area contributed by atoms with Crippen molar-refractivity contribution in [3.63, 3.8) is 0 Å². The Hall–Kier alpha value is 1.10. The molecule has 0 unspecified atom stereocenters. The third-order valence-corrected chi connectivity index (χ3v) is 3.26. The van der Waals surface area contributed by atoms with E-state index >= 15 is 0 Å². The van der Waals surface area contributed by atoms with Crippen molar-refractivity contribution in [1.82, 2.24) is 0 Å². The summed E-state index contributed by atoms with van der Waals surface area (Å²) < 4.78 is 0. The van der Waals surface area contributed by atoms with E-state index in [4.69, 9.17) is 11.6 Å². The topological polar surface area (TPSA) is 0 Å². The maximum Gasteiger partial charge on any atom is 1.00 e. The van der Waals surface area contributed by atoms with E-state index in [9.17, 15) is 0 Å². The second-order valence-electron chi connectivity index (χ2n) is 2.30. The molecule has 0 aromatic heterocycles. The first-order chi connectivity index (χ1) is 2.56. The zero-order valence-electron chi connectivity index (χ0n) is 5.29. The number of hydrogen-bond acceptors (Lipinski definition) is 0. The molecule has 7 heavy (non-hydrogen) atoms. The minimum atomic E-state index is -1.12. The summed E-state index contributed by atoms with van der Waals surface area (Å²) in [6, 6.07) is 0. The Labute approximate surface area is 63.8 Å². The summed E-state index contributed by atoms with van der Waals surface area (Å²) in [6.07, 6.45) is 0. The van der Waals surface area contributed by atoms with E-state index in [-0.39, 0.29) is 18.9 Å². The van der Waals surface area contributed by atoms with Gasteiger partial charge in [-0.3, -0.25) is 0 Å². The van der Waals surface area contributed by atoms with Gasteiger partial charge in [0.25, 0.3) is 0 Å². The van der Waals surface area contributed by atoms with Crippen LogP contribution in [0, 0.1) is 6.55 Å². The standard InChI is InChI=1S/C4H10ClSi.Li/c1-6(2,3)4-5;/h1,4H2,2-3H3;/q-1;+1. The van der Waals surface area contributed by atoms with Gasteiger partial charge < -0.3 is 6.55 Å². The molecule has 0 N–H and O–H groups in total. The van der Waals surface area contributed by atoms with Gasteiger partial charge in [-0.15, -0.1) is 11.6 Å². The molecule has 0 saturated heterocycles. The van der Waals surface area contributed by atoms with E-state index < -0.39 is 8.07 Å². The first-order valence-electron chi connectivity index (χ1n) is 1.97. The van der Waals surface area contributed by atoms with Gasteiger partial charge in [0, 0.05) is 0 Å². The molecule has 0 amide bonds. The molecule has 0 spiro atoms. The fourth-order valence-corrected chi connectivity index (χ4v) is 0. The molecule has 0 radical (unpaired) electrons. The molecule has 0 atom stereocenters. The molecule has 0 bridgehead atoms. The Morgan fingerprint density at radius 3 is 1.71 bits per heavy atom. The number of alkyl halides is 1. The summed E-state index contributed by atoms with van der Waals surface area (Å²) in [5.74, 6) is 0. The smallest absolute Gasteiger partial charge is 0.341 e. The van der Waals surface area contributed by atoms with Crippen molar-refractivity contribution < 1.29 is 18.9 Å². The number of rotatable bonds is 1. The molecule has 38 valence electrons. The molecular formula is C4H10ClLiSi. The third-order valence-electron chi connectivity index (χ3n) is 0.362. The van der Waals surface area contributed by atoms with Gasteiger partial charge >= 0.3 is 18.9 Å². The van der Waals surface area contributed by atoms with Crippen molar-refractivity contribution in [3.8, 4) is 0 Å². The van der Waals surface area contributed by atoms with Crippen LogP contribution in [-0.4, -0.2) is 13.6 Å². The van der Waals surface area contributed by atoms with Gasteiger partial charge in [-0.05, 0) is 5.50 Å². The van der Waals surface area contributed by atoms with Crippen molar-refractivity contribution in [1.29, 1.82) is 0 Å². The zero-order chi connectivity index (χ0) is 5.21. The second kappa shape index (κ2) is 4.03. The first-order valence-corrected chi connectivity index (χ1v) is 5.92. The van der Waals surface area contributed by atoms with Gasteiger partial charge in [-0.25, -0.2) is 0 Å². The van der Waals surface area contributed by atoms with Gasteiger partial charge in [0.15, 0.2) is 0 Å². The molecule has 0 heterocycles. The van der Waals surface area contributed by atoms with Crippen molar-refractivity contribution in [2.24, 2.45) is 0 Å². The molecule has 0 aromatic carbocycles. The summed E-state index contributed by atoms with van der Waals surface area (Å²) in [5.41, 5.74) is 0.771. The van der Waals surface area contributed by atoms with Crippen LogP contribution in [0.3, 0.4) is 0 Å². The van der Waals surface area contributed by atoms with E-state index in [0.717, 1.165) is 5.50 Å². The van der Waals surface area contributed by atoms with Crippen molar-refractivity contribution in [3.05, 3.63) is 6.55 Å². The quantitative estimate of drug-likeness (QED) is 0.238. The fraction of sp³-hybridized carbons (Fsp3) is 0.750. The van der Waals surface area contributed by atoms with E-state index in [1.165, 1.54) is 0 Å². The average molecular weight is 129 g/mol. The van der Waals surface area contributed by atoms with Gasteiger partial charge in [0.1, 0.15) is 0 Å². The van der Waals surface area contributed by atoms with Crippen LogP contribution in [0.15, 0.2) is 0 Å². The number of halogens is 1. The molecule has 0 aliphatic carbocycles. The monoisotopic (exact) mass is 128 g/mol. The largest absolute Gasteiger partial charge is 1.00 e. The molecule has 0 aliphatic heterocycles. The van der Waals surface area contributed by atoms with Crippen LogP contribution in [0.5, 0.6) is 0 Å².